The molecule has 43 heavy (non-hydrogen) atoms. The van der Waals surface area contributed by atoms with Crippen LogP contribution in [0.25, 0.3) is 11.1 Å². The van der Waals surface area contributed by atoms with E-state index in [1.165, 1.54) is 0 Å². The number of rotatable bonds is 16. The first-order valence-electron chi connectivity index (χ1n) is 15.1. The van der Waals surface area contributed by atoms with E-state index in [1.54, 1.807) is 43.0 Å². The predicted octanol–water partition coefficient (Wildman–Crippen LogP) is 7.42. The number of benzene rings is 2. The molecule has 0 aliphatic carbocycles. The van der Waals surface area contributed by atoms with Crippen molar-refractivity contribution in [3.63, 3.8) is 0 Å². The number of amides is 1. The number of unbranched alkanes of at least 4 members (excludes halogenated alkanes) is 1. The third-order valence-corrected chi connectivity index (χ3v) is 9.37. The fraction of sp³-hybridized carbons (Fsp3) is 0.485. The van der Waals surface area contributed by atoms with E-state index >= 15 is 0 Å². The zero-order valence-corrected chi connectivity index (χ0v) is 27.4. The largest absolute Gasteiger partial charge is 0.377 e. The van der Waals surface area contributed by atoms with Crippen molar-refractivity contribution in [2.75, 3.05) is 11.3 Å². The smallest absolute Gasteiger partial charge is 0.263 e. The molecule has 3 aromatic rings. The number of aromatic nitrogens is 1. The summed E-state index contributed by atoms with van der Waals surface area (Å²) in [5.41, 5.74) is 3.38. The van der Waals surface area contributed by atoms with Gasteiger partial charge in [0.1, 0.15) is 11.6 Å². The summed E-state index contributed by atoms with van der Waals surface area (Å²) in [6, 6.07) is 12.7. The van der Waals surface area contributed by atoms with E-state index in [0.29, 0.717) is 30.0 Å². The summed E-state index contributed by atoms with van der Waals surface area (Å²) < 4.78 is 40.7. The summed E-state index contributed by atoms with van der Waals surface area (Å²) in [4.78, 5) is 19.3. The fourth-order valence-electron chi connectivity index (χ4n) is 4.66. The van der Waals surface area contributed by atoms with Crippen LogP contribution in [0.5, 0.6) is 0 Å². The third-order valence-electron chi connectivity index (χ3n) is 7.97. The van der Waals surface area contributed by atoms with Gasteiger partial charge >= 0.3 is 0 Å². The van der Waals surface area contributed by atoms with Gasteiger partial charge in [0.25, 0.3) is 10.0 Å². The molecule has 10 heteroatoms. The topological polar surface area (TPSA) is 114 Å². The molecule has 0 aliphatic rings. The summed E-state index contributed by atoms with van der Waals surface area (Å²) >= 11 is 0. The summed E-state index contributed by atoms with van der Waals surface area (Å²) in [7, 11) is -4.00. The minimum atomic E-state index is -4.00. The summed E-state index contributed by atoms with van der Waals surface area (Å²) in [6.07, 6.45) is 5.28. The maximum absolute atomic E-state index is 13.6. The van der Waals surface area contributed by atoms with Gasteiger partial charge in [-0.25, -0.2) is 8.42 Å². The minimum absolute atomic E-state index is 0.113. The molecule has 234 valence electrons. The summed E-state index contributed by atoms with van der Waals surface area (Å²) in [5, 5.41) is 3.87. The number of carbonyl (C=O) groups is 1. The highest BCUT2D eigenvalue weighted by molar-refractivity contribution is 7.92. The number of amidine groups is 1. The molecule has 0 fully saturated rings. The number of hydrogen-bond donors (Lipinski definition) is 1. The Balaban J connectivity index is 2.04. The lowest BCUT2D eigenvalue weighted by atomic mass is 9.96. The molecule has 9 nitrogen and oxygen atoms in total. The van der Waals surface area contributed by atoms with E-state index in [0.717, 1.165) is 61.0 Å². The van der Waals surface area contributed by atoms with Gasteiger partial charge in [0.05, 0.1) is 23.6 Å². The Morgan fingerprint density at radius 1 is 1.09 bits per heavy atom. The molecule has 0 saturated heterocycles. The molecule has 3 rings (SSSR count). The van der Waals surface area contributed by atoms with Gasteiger partial charge in [-0.05, 0) is 69.7 Å². The molecule has 0 aliphatic heterocycles. The van der Waals surface area contributed by atoms with Crippen molar-refractivity contribution in [3.8, 4) is 11.1 Å². The van der Waals surface area contributed by atoms with Gasteiger partial charge < -0.3 is 9.26 Å². The van der Waals surface area contributed by atoms with E-state index in [2.05, 4.69) is 37.6 Å². The third kappa shape index (κ3) is 8.54. The van der Waals surface area contributed by atoms with Crippen molar-refractivity contribution in [2.45, 2.75) is 104 Å². The van der Waals surface area contributed by atoms with Crippen LogP contribution in [0.2, 0.25) is 0 Å². The quantitative estimate of drug-likeness (QED) is 0.103. The van der Waals surface area contributed by atoms with E-state index in [9.17, 15) is 13.2 Å². The van der Waals surface area contributed by atoms with Crippen molar-refractivity contribution < 1.29 is 22.5 Å². The number of sulfonamides is 1. The lowest BCUT2D eigenvalue weighted by Gasteiger charge is -2.28. The van der Waals surface area contributed by atoms with Gasteiger partial charge in [-0.2, -0.15) is 0 Å². The van der Waals surface area contributed by atoms with Gasteiger partial charge in [0.2, 0.25) is 6.41 Å². The van der Waals surface area contributed by atoms with E-state index in [-0.39, 0.29) is 22.9 Å². The van der Waals surface area contributed by atoms with Gasteiger partial charge in [0, 0.05) is 24.2 Å². The number of carbonyl (C=O) groups excluding carboxylic acids is 1. The van der Waals surface area contributed by atoms with Gasteiger partial charge in [-0.3, -0.25) is 19.4 Å². The van der Waals surface area contributed by atoms with E-state index < -0.39 is 10.0 Å². The second-order valence-electron chi connectivity index (χ2n) is 11.0. The van der Waals surface area contributed by atoms with Crippen LogP contribution in [-0.2, 0) is 32.7 Å². The van der Waals surface area contributed by atoms with Crippen molar-refractivity contribution in [2.24, 2.45) is 4.99 Å². The van der Waals surface area contributed by atoms with Gasteiger partial charge in [0.15, 0.2) is 5.82 Å². The molecule has 0 spiro atoms. The monoisotopic (exact) mass is 610 g/mol. The molecule has 0 bridgehead atoms. The Labute approximate surface area is 256 Å². The maximum Gasteiger partial charge on any atom is 0.263 e. The van der Waals surface area contributed by atoms with Crippen LogP contribution in [0.1, 0.15) is 89.2 Å². The van der Waals surface area contributed by atoms with Crippen molar-refractivity contribution in [1.29, 1.82) is 0 Å². The Bertz CT molecular complexity index is 1510. The van der Waals surface area contributed by atoms with Gasteiger partial charge in [-0.15, -0.1) is 0 Å². The first-order chi connectivity index (χ1) is 20.5. The second-order valence-corrected chi connectivity index (χ2v) is 12.7. The van der Waals surface area contributed by atoms with Crippen LogP contribution in [0.3, 0.4) is 0 Å². The number of anilines is 1. The summed E-state index contributed by atoms with van der Waals surface area (Å²) in [6.45, 7) is 15.0. The number of aliphatic imine (C=N–C) groups is 1. The highest BCUT2D eigenvalue weighted by atomic mass is 32.2. The van der Waals surface area contributed by atoms with E-state index in [1.807, 2.05) is 25.1 Å². The van der Waals surface area contributed by atoms with Crippen molar-refractivity contribution >= 4 is 28.1 Å². The molecular formula is C33H46N4O5S. The standard InChI is InChI=1S/C33H46N4O5S/c1-8-12-17-31(34-33(7,9-2)10-3)37(23-38)21-26-18-19-28(27(20-26)22-41-11-4)29-15-13-14-16-30(29)43(39,40)36-32-24(5)25(6)42-35-32/h13-16,18-20,23H,8-12,17,21-22H2,1-7H3,(H,35,36)/b34-31-. The lowest BCUT2D eigenvalue weighted by Crippen LogP contribution is -2.33. The minimum Gasteiger partial charge on any atom is -0.377 e. The second kappa shape index (κ2) is 15.3. The molecule has 1 aromatic heterocycles. The van der Waals surface area contributed by atoms with Crippen LogP contribution >= 0.6 is 0 Å². The first-order valence-corrected chi connectivity index (χ1v) is 16.6. The summed E-state index contributed by atoms with van der Waals surface area (Å²) in [5.74, 6) is 1.50. The molecule has 1 amide bonds. The van der Waals surface area contributed by atoms with Crippen molar-refractivity contribution in [3.05, 3.63) is 64.9 Å². The number of nitrogens with one attached hydrogen (secondary N) is 1. The van der Waals surface area contributed by atoms with E-state index in [4.69, 9.17) is 14.3 Å². The van der Waals surface area contributed by atoms with Crippen LogP contribution in [0, 0.1) is 13.8 Å². The molecule has 1 heterocycles. The van der Waals surface area contributed by atoms with Crippen LogP contribution in [-0.4, -0.2) is 42.9 Å². The molecule has 0 unspecified atom stereocenters. The normalized spacial score (nSPS) is 12.4. The van der Waals surface area contributed by atoms with Crippen LogP contribution in [0.4, 0.5) is 5.82 Å². The zero-order valence-electron chi connectivity index (χ0n) is 26.6. The molecule has 1 N–H and O–H groups in total. The molecule has 0 atom stereocenters. The number of aryl methyl sites for hydroxylation is 1. The molecule has 2 aromatic carbocycles. The Morgan fingerprint density at radius 3 is 2.42 bits per heavy atom. The Kier molecular flexibility index (Phi) is 12.1. The SMILES string of the molecule is CCCC/C(=N/C(C)(CC)CC)N(C=O)Cc1ccc(-c2ccccc2S(=O)(=O)Nc2noc(C)c2C)c(COCC)c1. The highest BCUT2D eigenvalue weighted by Crippen LogP contribution is 2.33. The maximum atomic E-state index is 13.6. The van der Waals surface area contributed by atoms with Gasteiger partial charge in [-0.1, -0.05) is 68.7 Å². The molecule has 0 radical (unpaired) electrons. The average molecular weight is 611 g/mol. The number of hydrogen-bond acceptors (Lipinski definition) is 7. The Morgan fingerprint density at radius 2 is 1.81 bits per heavy atom. The zero-order chi connectivity index (χ0) is 31.6. The average Bonchev–Trinajstić information content (AvgIpc) is 3.32. The predicted molar refractivity (Wildman–Crippen MR) is 172 cm³/mol. The highest BCUT2D eigenvalue weighted by Gasteiger charge is 2.25. The lowest BCUT2D eigenvalue weighted by molar-refractivity contribution is -0.115. The Hall–Kier alpha value is -3.50. The molecular weight excluding hydrogens is 564 g/mol. The number of nitrogens with zero attached hydrogens (tertiary/aromatic N) is 3. The first kappa shape index (κ1) is 34.0. The van der Waals surface area contributed by atoms with Crippen molar-refractivity contribution in [1.82, 2.24) is 10.1 Å². The molecule has 0 saturated carbocycles. The van der Waals surface area contributed by atoms with Crippen LogP contribution < -0.4 is 4.72 Å². The fourth-order valence-corrected chi connectivity index (χ4v) is 5.94. The number of ether oxygens (including phenoxy) is 1. The van der Waals surface area contributed by atoms with Crippen LogP contribution in [0.15, 0.2) is 56.9 Å².